The molecule has 0 aliphatic rings. The van der Waals surface area contributed by atoms with E-state index in [9.17, 15) is 9.59 Å². The van der Waals surface area contributed by atoms with Gasteiger partial charge in [0.25, 0.3) is 5.91 Å². The minimum absolute atomic E-state index is 0.149. The molecule has 1 rings (SSSR count). The molecule has 1 aromatic rings. The number of amides is 2. The number of aromatic nitrogens is 1. The van der Waals surface area contributed by atoms with E-state index in [2.05, 4.69) is 10.3 Å². The topological polar surface area (TPSA) is 85.1 Å². The van der Waals surface area contributed by atoms with Gasteiger partial charge in [-0.1, -0.05) is 11.6 Å². The van der Waals surface area contributed by atoms with E-state index in [4.69, 9.17) is 17.3 Å². The number of nitrogens with zero attached hydrogens (tertiary/aromatic N) is 1. The van der Waals surface area contributed by atoms with Crippen LogP contribution in [0.3, 0.4) is 0 Å². The second-order valence-electron chi connectivity index (χ2n) is 2.96. The average molecular weight is 228 g/mol. The first-order valence-corrected chi connectivity index (χ1v) is 4.60. The summed E-state index contributed by atoms with van der Waals surface area (Å²) in [6.45, 7) is 1.49. The molecule has 0 aliphatic carbocycles. The Morgan fingerprint density at radius 2 is 2.27 bits per heavy atom. The number of hydrogen-bond acceptors (Lipinski definition) is 3. The highest BCUT2D eigenvalue weighted by Gasteiger charge is 2.14. The first-order valence-electron chi connectivity index (χ1n) is 4.22. The van der Waals surface area contributed by atoms with E-state index in [0.717, 1.165) is 0 Å². The Labute approximate surface area is 91.6 Å². The predicted molar refractivity (Wildman–Crippen MR) is 55.4 cm³/mol. The molecule has 80 valence electrons. The molecule has 0 aliphatic heterocycles. The summed E-state index contributed by atoms with van der Waals surface area (Å²) in [6, 6.07) is 2.22. The molecular formula is C9H10ClN3O2. The maximum absolute atomic E-state index is 11.5. The third-order valence-corrected chi connectivity index (χ3v) is 1.96. The number of hydrogen-bond donors (Lipinski definition) is 2. The van der Waals surface area contributed by atoms with Crippen LogP contribution in [0, 0.1) is 0 Å². The molecule has 6 heteroatoms. The normalized spacial score (nSPS) is 11.9. The Hall–Kier alpha value is -1.62. The summed E-state index contributed by atoms with van der Waals surface area (Å²) in [5.74, 6) is -1.09. The zero-order valence-corrected chi connectivity index (χ0v) is 8.78. The molecule has 1 aromatic heterocycles. The van der Waals surface area contributed by atoms with Gasteiger partial charge in [0.2, 0.25) is 5.91 Å². The van der Waals surface area contributed by atoms with Crippen molar-refractivity contribution in [2.75, 3.05) is 0 Å². The molecule has 1 atom stereocenters. The van der Waals surface area contributed by atoms with E-state index in [1.165, 1.54) is 19.2 Å². The van der Waals surface area contributed by atoms with Crippen LogP contribution in [0.25, 0.3) is 0 Å². The van der Waals surface area contributed by atoms with E-state index >= 15 is 0 Å². The van der Waals surface area contributed by atoms with Crippen LogP contribution in [0.15, 0.2) is 18.3 Å². The van der Waals surface area contributed by atoms with E-state index in [-0.39, 0.29) is 5.69 Å². The summed E-state index contributed by atoms with van der Waals surface area (Å²) in [5, 5.41) is 2.79. The molecule has 1 unspecified atom stereocenters. The molecule has 0 spiro atoms. The fraction of sp³-hybridized carbons (Fsp3) is 0.222. The lowest BCUT2D eigenvalue weighted by atomic mass is 10.3. The van der Waals surface area contributed by atoms with Crippen molar-refractivity contribution >= 4 is 23.4 Å². The Morgan fingerprint density at radius 1 is 1.60 bits per heavy atom. The zero-order chi connectivity index (χ0) is 11.4. The number of nitrogens with one attached hydrogen (secondary N) is 1. The molecule has 1 heterocycles. The van der Waals surface area contributed by atoms with Crippen molar-refractivity contribution in [1.29, 1.82) is 0 Å². The molecule has 0 saturated heterocycles. The minimum Gasteiger partial charge on any atom is -0.368 e. The van der Waals surface area contributed by atoms with Crippen molar-refractivity contribution in [3.8, 4) is 0 Å². The summed E-state index contributed by atoms with van der Waals surface area (Å²) < 4.78 is 0. The largest absolute Gasteiger partial charge is 0.368 e. The van der Waals surface area contributed by atoms with E-state index in [1.54, 1.807) is 6.07 Å². The second-order valence-corrected chi connectivity index (χ2v) is 3.39. The van der Waals surface area contributed by atoms with Gasteiger partial charge < -0.3 is 11.1 Å². The van der Waals surface area contributed by atoms with Gasteiger partial charge in [-0.15, -0.1) is 0 Å². The number of nitrogens with two attached hydrogens (primary N) is 1. The van der Waals surface area contributed by atoms with Crippen LogP contribution in [0.5, 0.6) is 0 Å². The maximum atomic E-state index is 11.5. The number of carbonyl (C=O) groups is 2. The lowest BCUT2D eigenvalue weighted by Crippen LogP contribution is -2.42. The van der Waals surface area contributed by atoms with Gasteiger partial charge in [0.05, 0.1) is 0 Å². The molecule has 0 aromatic carbocycles. The molecule has 0 saturated carbocycles. The maximum Gasteiger partial charge on any atom is 0.270 e. The molecular weight excluding hydrogens is 218 g/mol. The Kier molecular flexibility index (Phi) is 3.62. The molecule has 15 heavy (non-hydrogen) atoms. The summed E-state index contributed by atoms with van der Waals surface area (Å²) in [4.78, 5) is 26.0. The van der Waals surface area contributed by atoms with Crippen LogP contribution >= 0.6 is 11.6 Å². The van der Waals surface area contributed by atoms with E-state index in [1.807, 2.05) is 0 Å². The van der Waals surface area contributed by atoms with E-state index in [0.29, 0.717) is 5.02 Å². The van der Waals surface area contributed by atoms with E-state index < -0.39 is 17.9 Å². The standard InChI is InChI=1S/C9H10ClN3O2/c1-5(8(11)14)13-9(15)7-4-6(10)2-3-12-7/h2-5H,1H3,(H2,11,14)(H,13,15). The summed E-state index contributed by atoms with van der Waals surface area (Å²) >= 11 is 5.68. The number of primary amides is 1. The molecule has 0 radical (unpaired) electrons. The van der Waals surface area contributed by atoms with Crippen LogP contribution in [0.4, 0.5) is 0 Å². The summed E-state index contributed by atoms with van der Waals surface area (Å²) in [6.07, 6.45) is 1.41. The van der Waals surface area contributed by atoms with Gasteiger partial charge in [0.1, 0.15) is 11.7 Å². The molecule has 3 N–H and O–H groups in total. The quantitative estimate of drug-likeness (QED) is 0.781. The molecule has 0 bridgehead atoms. The molecule has 0 fully saturated rings. The number of carbonyl (C=O) groups excluding carboxylic acids is 2. The van der Waals surface area contributed by atoms with Crippen molar-refractivity contribution < 1.29 is 9.59 Å². The zero-order valence-electron chi connectivity index (χ0n) is 8.03. The van der Waals surface area contributed by atoms with Crippen molar-refractivity contribution in [2.24, 2.45) is 5.73 Å². The monoisotopic (exact) mass is 227 g/mol. The van der Waals surface area contributed by atoms with Gasteiger partial charge >= 0.3 is 0 Å². The minimum atomic E-state index is -0.738. The Balaban J connectivity index is 2.73. The van der Waals surface area contributed by atoms with Gasteiger partial charge in [-0.2, -0.15) is 0 Å². The average Bonchev–Trinajstić information content (AvgIpc) is 2.17. The third kappa shape index (κ3) is 3.21. The fourth-order valence-corrected chi connectivity index (χ4v) is 1.03. The smallest absolute Gasteiger partial charge is 0.270 e. The number of halogens is 1. The van der Waals surface area contributed by atoms with Crippen LogP contribution in [-0.4, -0.2) is 22.8 Å². The van der Waals surface area contributed by atoms with Crippen molar-refractivity contribution in [3.63, 3.8) is 0 Å². The van der Waals surface area contributed by atoms with Crippen molar-refractivity contribution in [2.45, 2.75) is 13.0 Å². The van der Waals surface area contributed by atoms with Gasteiger partial charge in [-0.25, -0.2) is 0 Å². The number of pyridine rings is 1. The molecule has 5 nitrogen and oxygen atoms in total. The fourth-order valence-electron chi connectivity index (χ4n) is 0.871. The van der Waals surface area contributed by atoms with Gasteiger partial charge in [0.15, 0.2) is 0 Å². The highest BCUT2D eigenvalue weighted by molar-refractivity contribution is 6.30. The SMILES string of the molecule is CC(NC(=O)c1cc(Cl)ccn1)C(N)=O. The first-order chi connectivity index (χ1) is 7.00. The van der Waals surface area contributed by atoms with Gasteiger partial charge in [-0.05, 0) is 19.1 Å². The summed E-state index contributed by atoms with van der Waals surface area (Å²) in [5.41, 5.74) is 5.14. The Bertz CT molecular complexity index is 395. The second kappa shape index (κ2) is 4.75. The van der Waals surface area contributed by atoms with Crippen LogP contribution in [0.1, 0.15) is 17.4 Å². The Morgan fingerprint density at radius 3 is 2.80 bits per heavy atom. The van der Waals surface area contributed by atoms with Crippen LogP contribution in [-0.2, 0) is 4.79 Å². The lowest BCUT2D eigenvalue weighted by molar-refractivity contribution is -0.119. The highest BCUT2D eigenvalue weighted by Crippen LogP contribution is 2.07. The van der Waals surface area contributed by atoms with Crippen molar-refractivity contribution in [3.05, 3.63) is 29.0 Å². The third-order valence-electron chi connectivity index (χ3n) is 1.73. The highest BCUT2D eigenvalue weighted by atomic mass is 35.5. The first kappa shape index (κ1) is 11.5. The van der Waals surface area contributed by atoms with Gasteiger partial charge in [-0.3, -0.25) is 14.6 Å². The lowest BCUT2D eigenvalue weighted by Gasteiger charge is -2.09. The van der Waals surface area contributed by atoms with Crippen LogP contribution in [0.2, 0.25) is 5.02 Å². The van der Waals surface area contributed by atoms with Crippen LogP contribution < -0.4 is 11.1 Å². The van der Waals surface area contributed by atoms with Crippen molar-refractivity contribution in [1.82, 2.24) is 10.3 Å². The number of rotatable bonds is 3. The summed E-state index contributed by atoms with van der Waals surface area (Å²) in [7, 11) is 0. The predicted octanol–water partition coefficient (Wildman–Crippen LogP) is 0.339. The van der Waals surface area contributed by atoms with Gasteiger partial charge in [0, 0.05) is 11.2 Å². The molecule has 2 amide bonds.